The van der Waals surface area contributed by atoms with Crippen molar-refractivity contribution in [3.8, 4) is 11.5 Å². The number of hydrogen-bond acceptors (Lipinski definition) is 3. The number of ether oxygens (including phenoxy) is 2. The molecular formula is C16H17FN2O2. The third-order valence-corrected chi connectivity index (χ3v) is 3.13. The summed E-state index contributed by atoms with van der Waals surface area (Å²) in [6, 6.07) is 9.87. The van der Waals surface area contributed by atoms with Crippen LogP contribution >= 0.6 is 0 Å². The van der Waals surface area contributed by atoms with Crippen molar-refractivity contribution in [2.75, 3.05) is 7.11 Å². The van der Waals surface area contributed by atoms with E-state index >= 15 is 0 Å². The molecule has 0 aromatic heterocycles. The van der Waals surface area contributed by atoms with Crippen molar-refractivity contribution in [1.82, 2.24) is 0 Å². The molecule has 2 aromatic carbocycles. The van der Waals surface area contributed by atoms with Crippen LogP contribution in [0, 0.1) is 18.2 Å². The van der Waals surface area contributed by atoms with E-state index in [-0.39, 0.29) is 18.3 Å². The Morgan fingerprint density at radius 3 is 2.62 bits per heavy atom. The van der Waals surface area contributed by atoms with Gasteiger partial charge in [0, 0.05) is 17.2 Å². The normalized spacial score (nSPS) is 10.2. The Bertz CT molecular complexity index is 671. The topological polar surface area (TPSA) is 68.3 Å². The van der Waals surface area contributed by atoms with Gasteiger partial charge in [-0.25, -0.2) is 4.39 Å². The predicted octanol–water partition coefficient (Wildman–Crippen LogP) is 3.01. The number of nitrogens with two attached hydrogens (primary N) is 1. The molecule has 0 spiro atoms. The molecule has 0 unspecified atom stereocenters. The fourth-order valence-corrected chi connectivity index (χ4v) is 1.88. The molecular weight excluding hydrogens is 271 g/mol. The SMILES string of the molecule is COc1ccc(C(=N)N)cc1COc1ccc(C)c(F)c1. The van der Waals surface area contributed by atoms with Crippen molar-refractivity contribution >= 4 is 5.84 Å². The summed E-state index contributed by atoms with van der Waals surface area (Å²) in [5, 5.41) is 7.45. The van der Waals surface area contributed by atoms with Crippen molar-refractivity contribution in [3.05, 3.63) is 58.9 Å². The van der Waals surface area contributed by atoms with Crippen LogP contribution in [0.3, 0.4) is 0 Å². The molecule has 0 amide bonds. The number of halogens is 1. The van der Waals surface area contributed by atoms with Gasteiger partial charge < -0.3 is 15.2 Å². The van der Waals surface area contributed by atoms with E-state index in [2.05, 4.69) is 0 Å². The van der Waals surface area contributed by atoms with Crippen LogP contribution in [0.4, 0.5) is 4.39 Å². The molecule has 0 radical (unpaired) electrons. The molecule has 0 aliphatic heterocycles. The van der Waals surface area contributed by atoms with Gasteiger partial charge >= 0.3 is 0 Å². The van der Waals surface area contributed by atoms with Crippen LogP contribution in [-0.2, 0) is 6.61 Å². The average Bonchev–Trinajstić information content (AvgIpc) is 2.48. The van der Waals surface area contributed by atoms with E-state index in [0.29, 0.717) is 22.6 Å². The molecule has 21 heavy (non-hydrogen) atoms. The fourth-order valence-electron chi connectivity index (χ4n) is 1.88. The van der Waals surface area contributed by atoms with E-state index in [1.54, 1.807) is 44.4 Å². The summed E-state index contributed by atoms with van der Waals surface area (Å²) in [5.41, 5.74) is 7.37. The number of hydrogen-bond donors (Lipinski definition) is 2. The van der Waals surface area contributed by atoms with Crippen LogP contribution in [0.1, 0.15) is 16.7 Å². The van der Waals surface area contributed by atoms with E-state index < -0.39 is 0 Å². The molecule has 2 aromatic rings. The van der Waals surface area contributed by atoms with Crippen molar-refractivity contribution in [3.63, 3.8) is 0 Å². The molecule has 5 heteroatoms. The first-order chi connectivity index (χ1) is 10.0. The lowest BCUT2D eigenvalue weighted by Crippen LogP contribution is -2.12. The van der Waals surface area contributed by atoms with Gasteiger partial charge in [-0.2, -0.15) is 0 Å². The number of rotatable bonds is 5. The Labute approximate surface area is 122 Å². The van der Waals surface area contributed by atoms with E-state index in [1.807, 2.05) is 0 Å². The van der Waals surface area contributed by atoms with E-state index in [4.69, 9.17) is 20.6 Å². The zero-order valence-corrected chi connectivity index (χ0v) is 11.9. The fraction of sp³-hybridized carbons (Fsp3) is 0.188. The predicted molar refractivity (Wildman–Crippen MR) is 79.5 cm³/mol. The largest absolute Gasteiger partial charge is 0.496 e. The van der Waals surface area contributed by atoms with E-state index in [1.165, 1.54) is 6.07 Å². The number of amidine groups is 1. The maximum absolute atomic E-state index is 13.5. The van der Waals surface area contributed by atoms with E-state index in [0.717, 1.165) is 5.56 Å². The van der Waals surface area contributed by atoms with Gasteiger partial charge in [0.05, 0.1) is 7.11 Å². The van der Waals surface area contributed by atoms with Gasteiger partial charge in [-0.05, 0) is 36.8 Å². The van der Waals surface area contributed by atoms with Crippen LogP contribution in [0.5, 0.6) is 11.5 Å². The number of nitrogens with one attached hydrogen (secondary N) is 1. The minimum atomic E-state index is -0.308. The highest BCUT2D eigenvalue weighted by molar-refractivity contribution is 5.95. The molecule has 0 saturated carbocycles. The lowest BCUT2D eigenvalue weighted by Gasteiger charge is -2.12. The Balaban J connectivity index is 2.19. The Morgan fingerprint density at radius 1 is 1.24 bits per heavy atom. The summed E-state index contributed by atoms with van der Waals surface area (Å²) < 4.78 is 24.3. The number of methoxy groups -OCH3 is 1. The number of nitrogen functional groups attached to an aromatic ring is 1. The summed E-state index contributed by atoms with van der Waals surface area (Å²) in [6.07, 6.45) is 0. The molecule has 0 fully saturated rings. The van der Waals surface area contributed by atoms with Crippen molar-refractivity contribution in [2.45, 2.75) is 13.5 Å². The van der Waals surface area contributed by atoms with Gasteiger partial charge in [-0.3, -0.25) is 5.41 Å². The molecule has 110 valence electrons. The second-order valence-electron chi connectivity index (χ2n) is 4.64. The van der Waals surface area contributed by atoms with Gasteiger partial charge in [0.25, 0.3) is 0 Å². The van der Waals surface area contributed by atoms with Gasteiger partial charge in [0.15, 0.2) is 0 Å². The zero-order valence-electron chi connectivity index (χ0n) is 11.9. The monoisotopic (exact) mass is 288 g/mol. The summed E-state index contributed by atoms with van der Waals surface area (Å²) in [4.78, 5) is 0. The van der Waals surface area contributed by atoms with Gasteiger partial charge in [0.1, 0.15) is 29.8 Å². The standard InChI is InChI=1S/C16H17FN2O2/c1-10-3-5-13(8-14(10)17)21-9-12-7-11(16(18)19)4-6-15(12)20-2/h3-8H,9H2,1-2H3,(H3,18,19). The lowest BCUT2D eigenvalue weighted by molar-refractivity contribution is 0.295. The first-order valence-corrected chi connectivity index (χ1v) is 6.41. The van der Waals surface area contributed by atoms with Crippen molar-refractivity contribution < 1.29 is 13.9 Å². The third kappa shape index (κ3) is 3.51. The molecule has 0 aliphatic rings. The second kappa shape index (κ2) is 6.26. The summed E-state index contributed by atoms with van der Waals surface area (Å²) in [6.45, 7) is 1.89. The summed E-state index contributed by atoms with van der Waals surface area (Å²) in [5.74, 6) is 0.734. The van der Waals surface area contributed by atoms with Crippen LogP contribution in [-0.4, -0.2) is 12.9 Å². The van der Waals surface area contributed by atoms with Gasteiger partial charge in [-0.15, -0.1) is 0 Å². The van der Waals surface area contributed by atoms with Crippen molar-refractivity contribution in [1.29, 1.82) is 5.41 Å². The molecule has 2 rings (SSSR count). The van der Waals surface area contributed by atoms with Gasteiger partial charge in [0.2, 0.25) is 0 Å². The lowest BCUT2D eigenvalue weighted by atomic mass is 10.1. The third-order valence-electron chi connectivity index (χ3n) is 3.13. The van der Waals surface area contributed by atoms with Crippen LogP contribution in [0.25, 0.3) is 0 Å². The van der Waals surface area contributed by atoms with Crippen LogP contribution in [0.2, 0.25) is 0 Å². The number of aryl methyl sites for hydroxylation is 1. The summed E-state index contributed by atoms with van der Waals surface area (Å²) >= 11 is 0. The average molecular weight is 288 g/mol. The van der Waals surface area contributed by atoms with Gasteiger partial charge in [-0.1, -0.05) is 6.07 Å². The maximum Gasteiger partial charge on any atom is 0.129 e. The zero-order chi connectivity index (χ0) is 15.4. The number of benzene rings is 2. The molecule has 4 nitrogen and oxygen atoms in total. The summed E-state index contributed by atoms with van der Waals surface area (Å²) in [7, 11) is 1.55. The molecule has 0 saturated heterocycles. The smallest absolute Gasteiger partial charge is 0.129 e. The second-order valence-corrected chi connectivity index (χ2v) is 4.64. The van der Waals surface area contributed by atoms with E-state index in [9.17, 15) is 4.39 Å². The molecule has 3 N–H and O–H groups in total. The first-order valence-electron chi connectivity index (χ1n) is 6.41. The Hall–Kier alpha value is -2.56. The van der Waals surface area contributed by atoms with Crippen LogP contribution in [0.15, 0.2) is 36.4 Å². The molecule has 0 atom stereocenters. The highest BCUT2D eigenvalue weighted by atomic mass is 19.1. The van der Waals surface area contributed by atoms with Crippen molar-refractivity contribution in [2.24, 2.45) is 5.73 Å². The van der Waals surface area contributed by atoms with Crippen LogP contribution < -0.4 is 15.2 Å². The highest BCUT2D eigenvalue weighted by Gasteiger charge is 2.08. The molecule has 0 heterocycles. The molecule has 0 bridgehead atoms. The Morgan fingerprint density at radius 2 is 2.00 bits per heavy atom. The minimum Gasteiger partial charge on any atom is -0.496 e. The molecule has 0 aliphatic carbocycles. The highest BCUT2D eigenvalue weighted by Crippen LogP contribution is 2.23. The first kappa shape index (κ1) is 14.8. The Kier molecular flexibility index (Phi) is 4.42. The maximum atomic E-state index is 13.5. The minimum absolute atomic E-state index is 0.0275. The quantitative estimate of drug-likeness (QED) is 0.656.